The monoisotopic (exact) mass is 242 g/mol. The van der Waals surface area contributed by atoms with Crippen LogP contribution in [0.2, 0.25) is 0 Å². The zero-order valence-corrected chi connectivity index (χ0v) is 8.50. The summed E-state index contributed by atoms with van der Waals surface area (Å²) in [5, 5.41) is 4.46. The molecule has 0 spiro atoms. The minimum atomic E-state index is -0.886. The van der Waals surface area contributed by atoms with Crippen molar-refractivity contribution in [3.05, 3.63) is 29.8 Å². The highest BCUT2D eigenvalue weighted by Crippen LogP contribution is 2.15. The lowest BCUT2D eigenvalue weighted by Crippen LogP contribution is -2.38. The van der Waals surface area contributed by atoms with Crippen molar-refractivity contribution in [1.82, 2.24) is 5.32 Å². The molecule has 2 rings (SSSR count). The molecule has 7 heteroatoms. The summed E-state index contributed by atoms with van der Waals surface area (Å²) in [5.41, 5.74) is -0.155. The van der Waals surface area contributed by atoms with E-state index in [0.717, 1.165) is 12.1 Å². The molecule has 0 aromatic heterocycles. The number of anilines is 1. The van der Waals surface area contributed by atoms with Crippen molar-refractivity contribution in [3.63, 3.8) is 0 Å². The first-order chi connectivity index (χ1) is 8.06. The average molecular weight is 242 g/mol. The number of carbonyl (C=O) groups is 2. The first-order valence-electron chi connectivity index (χ1n) is 4.75. The molecule has 1 aliphatic heterocycles. The van der Waals surface area contributed by atoms with Gasteiger partial charge in [0.15, 0.2) is 0 Å². The fourth-order valence-corrected chi connectivity index (χ4v) is 1.34. The molecule has 1 fully saturated rings. The molecule has 0 aliphatic carbocycles. The summed E-state index contributed by atoms with van der Waals surface area (Å²) in [6.07, 6.45) is -0.704. The van der Waals surface area contributed by atoms with Crippen molar-refractivity contribution in [2.75, 3.05) is 11.9 Å². The summed E-state index contributed by atoms with van der Waals surface area (Å²) in [7, 11) is 0. The normalized spacial score (nSPS) is 18.5. The largest absolute Gasteiger partial charge is 0.447 e. The van der Waals surface area contributed by atoms with E-state index in [-0.39, 0.29) is 12.3 Å². The van der Waals surface area contributed by atoms with Crippen LogP contribution in [0.4, 0.5) is 19.3 Å². The highest BCUT2D eigenvalue weighted by atomic mass is 19.1. The number of hydrogen-bond donors (Lipinski definition) is 2. The van der Waals surface area contributed by atoms with Crippen LogP contribution in [-0.2, 0) is 9.53 Å². The zero-order valence-electron chi connectivity index (χ0n) is 8.50. The number of benzene rings is 1. The average Bonchev–Trinajstić information content (AvgIpc) is 2.69. The molecule has 1 saturated heterocycles. The Labute approximate surface area is 94.8 Å². The van der Waals surface area contributed by atoms with Crippen molar-refractivity contribution in [1.29, 1.82) is 0 Å². The van der Waals surface area contributed by atoms with Gasteiger partial charge in [-0.1, -0.05) is 0 Å². The van der Waals surface area contributed by atoms with E-state index in [1.54, 1.807) is 0 Å². The van der Waals surface area contributed by atoms with Gasteiger partial charge in [-0.25, -0.2) is 13.6 Å². The molecule has 0 bridgehead atoms. The van der Waals surface area contributed by atoms with E-state index in [0.29, 0.717) is 6.07 Å². The maximum atomic E-state index is 13.2. The van der Waals surface area contributed by atoms with Crippen LogP contribution in [-0.4, -0.2) is 24.6 Å². The standard InChI is InChI=1S/C10H8F2N2O3/c11-5-1-2-7(6(12)3-5)13-9(15)8-4-17-10(16)14-8/h1-3,8H,4H2,(H,13,15)(H,14,16). The van der Waals surface area contributed by atoms with E-state index in [9.17, 15) is 18.4 Å². The summed E-state index contributed by atoms with van der Waals surface area (Å²) < 4.78 is 30.3. The van der Waals surface area contributed by atoms with Crippen LogP contribution in [0.25, 0.3) is 0 Å². The maximum Gasteiger partial charge on any atom is 0.407 e. The first kappa shape index (κ1) is 11.3. The molecule has 5 nitrogen and oxygen atoms in total. The number of ether oxygens (including phenoxy) is 1. The Morgan fingerprint density at radius 1 is 1.47 bits per heavy atom. The van der Waals surface area contributed by atoms with E-state index in [1.807, 2.05) is 0 Å². The molecule has 17 heavy (non-hydrogen) atoms. The van der Waals surface area contributed by atoms with Gasteiger partial charge in [-0.15, -0.1) is 0 Å². The third-order valence-electron chi connectivity index (χ3n) is 2.18. The third-order valence-corrected chi connectivity index (χ3v) is 2.18. The highest BCUT2D eigenvalue weighted by molar-refractivity contribution is 5.97. The SMILES string of the molecule is O=C1NC(C(=O)Nc2ccc(F)cc2F)CO1. The second-order valence-corrected chi connectivity index (χ2v) is 3.41. The molecule has 2 N–H and O–H groups in total. The summed E-state index contributed by atoms with van der Waals surface area (Å²) in [4.78, 5) is 22.2. The first-order valence-corrected chi connectivity index (χ1v) is 4.75. The molecule has 0 saturated carbocycles. The zero-order chi connectivity index (χ0) is 12.4. The Balaban J connectivity index is 2.05. The Morgan fingerprint density at radius 3 is 2.82 bits per heavy atom. The molecule has 1 atom stereocenters. The lowest BCUT2D eigenvalue weighted by Gasteiger charge is -2.09. The quantitative estimate of drug-likeness (QED) is 0.813. The molecule has 1 heterocycles. The van der Waals surface area contributed by atoms with E-state index < -0.39 is 29.7 Å². The van der Waals surface area contributed by atoms with Crippen LogP contribution < -0.4 is 10.6 Å². The Hall–Kier alpha value is -2.18. The van der Waals surface area contributed by atoms with Crippen molar-refractivity contribution >= 4 is 17.7 Å². The number of carbonyl (C=O) groups excluding carboxylic acids is 2. The van der Waals surface area contributed by atoms with Crippen molar-refractivity contribution < 1.29 is 23.1 Å². The van der Waals surface area contributed by atoms with Gasteiger partial charge in [0, 0.05) is 6.07 Å². The number of cyclic esters (lactones) is 1. The molecule has 0 radical (unpaired) electrons. The van der Waals surface area contributed by atoms with Crippen molar-refractivity contribution in [2.45, 2.75) is 6.04 Å². The second kappa shape index (κ2) is 4.36. The predicted molar refractivity (Wildman–Crippen MR) is 53.3 cm³/mol. The van der Waals surface area contributed by atoms with Gasteiger partial charge in [-0.3, -0.25) is 4.79 Å². The van der Waals surface area contributed by atoms with Crippen molar-refractivity contribution in [2.24, 2.45) is 0 Å². The molecule has 1 aromatic rings. The van der Waals surface area contributed by atoms with Gasteiger partial charge in [0.1, 0.15) is 24.3 Å². The van der Waals surface area contributed by atoms with E-state index in [1.165, 1.54) is 0 Å². The van der Waals surface area contributed by atoms with E-state index in [2.05, 4.69) is 15.4 Å². The van der Waals surface area contributed by atoms with E-state index in [4.69, 9.17) is 0 Å². The fourth-order valence-electron chi connectivity index (χ4n) is 1.34. The summed E-state index contributed by atoms with van der Waals surface area (Å²) >= 11 is 0. The van der Waals surface area contributed by atoms with Gasteiger partial charge in [0.2, 0.25) is 0 Å². The predicted octanol–water partition coefficient (Wildman–Crippen LogP) is 1.01. The van der Waals surface area contributed by atoms with Crippen molar-refractivity contribution in [3.8, 4) is 0 Å². The topological polar surface area (TPSA) is 67.4 Å². The molecule has 2 amide bonds. The molecule has 1 aliphatic rings. The van der Waals surface area contributed by atoms with Crippen LogP contribution in [0.15, 0.2) is 18.2 Å². The molecule has 1 unspecified atom stereocenters. The van der Waals surface area contributed by atoms with Gasteiger partial charge < -0.3 is 15.4 Å². The summed E-state index contributed by atoms with van der Waals surface area (Å²) in [6.45, 7) is -0.118. The van der Waals surface area contributed by atoms with Gasteiger partial charge in [0.05, 0.1) is 5.69 Å². The minimum absolute atomic E-state index is 0.118. The fraction of sp³-hybridized carbons (Fsp3) is 0.200. The number of alkyl carbamates (subject to hydrolysis) is 1. The van der Waals surface area contributed by atoms with Gasteiger partial charge in [-0.2, -0.15) is 0 Å². The van der Waals surface area contributed by atoms with Gasteiger partial charge in [0.25, 0.3) is 5.91 Å². The van der Waals surface area contributed by atoms with Crippen LogP contribution in [0.5, 0.6) is 0 Å². The lowest BCUT2D eigenvalue weighted by molar-refractivity contribution is -0.117. The number of halogens is 2. The summed E-state index contributed by atoms with van der Waals surface area (Å²) in [5.74, 6) is -2.25. The van der Waals surface area contributed by atoms with Gasteiger partial charge >= 0.3 is 6.09 Å². The number of amides is 2. The lowest BCUT2D eigenvalue weighted by atomic mass is 10.2. The third kappa shape index (κ3) is 2.49. The van der Waals surface area contributed by atoms with E-state index >= 15 is 0 Å². The summed E-state index contributed by atoms with van der Waals surface area (Å²) in [6, 6.07) is 1.90. The second-order valence-electron chi connectivity index (χ2n) is 3.41. The van der Waals surface area contributed by atoms with Gasteiger partial charge in [-0.05, 0) is 12.1 Å². The number of hydrogen-bond acceptors (Lipinski definition) is 3. The van der Waals surface area contributed by atoms with Crippen LogP contribution >= 0.6 is 0 Å². The molecular weight excluding hydrogens is 234 g/mol. The smallest absolute Gasteiger partial charge is 0.407 e. The number of rotatable bonds is 2. The Kier molecular flexibility index (Phi) is 2.90. The Morgan fingerprint density at radius 2 is 2.24 bits per heavy atom. The highest BCUT2D eigenvalue weighted by Gasteiger charge is 2.29. The van der Waals surface area contributed by atoms with Crippen LogP contribution in [0.3, 0.4) is 0 Å². The molecule has 90 valence electrons. The minimum Gasteiger partial charge on any atom is -0.447 e. The Bertz CT molecular complexity index is 479. The number of nitrogens with one attached hydrogen (secondary N) is 2. The molecule has 1 aromatic carbocycles. The van der Waals surface area contributed by atoms with Crippen LogP contribution in [0, 0.1) is 11.6 Å². The maximum absolute atomic E-state index is 13.2. The molecular formula is C10H8F2N2O3. The van der Waals surface area contributed by atoms with Crippen LogP contribution in [0.1, 0.15) is 0 Å².